The first kappa shape index (κ1) is 19.8. The van der Waals surface area contributed by atoms with Crippen molar-refractivity contribution in [3.8, 4) is 0 Å². The molecular formula is C18H29N5O4. The number of carbonyl (C=O) groups excluding carboxylic acids is 2. The van der Waals surface area contributed by atoms with Gasteiger partial charge in [0.2, 0.25) is 17.7 Å². The standard InChI is InChI=1S/C18H29N5O4/c1-12(2)17-21-15(22-27-17)3-4-20-16(24)13-9-14(11-19-10-13)18(25)23-5-7-26-8-6-23/h12-14,19H,3-11H2,1-2H3,(H,20,24)/t13-,14+/m1/s1. The Labute approximate surface area is 159 Å². The number of nitrogens with one attached hydrogen (secondary N) is 2. The molecular weight excluding hydrogens is 350 g/mol. The van der Waals surface area contributed by atoms with E-state index in [1.54, 1.807) is 0 Å². The van der Waals surface area contributed by atoms with E-state index in [9.17, 15) is 9.59 Å². The summed E-state index contributed by atoms with van der Waals surface area (Å²) in [7, 11) is 0. The molecule has 0 radical (unpaired) electrons. The summed E-state index contributed by atoms with van der Waals surface area (Å²) in [5, 5.41) is 10.1. The zero-order valence-corrected chi connectivity index (χ0v) is 16.1. The second-order valence-corrected chi connectivity index (χ2v) is 7.47. The van der Waals surface area contributed by atoms with E-state index in [1.165, 1.54) is 0 Å². The van der Waals surface area contributed by atoms with Crippen LogP contribution in [0.4, 0.5) is 0 Å². The van der Waals surface area contributed by atoms with Gasteiger partial charge in [0.15, 0.2) is 5.82 Å². The van der Waals surface area contributed by atoms with Crippen molar-refractivity contribution in [1.82, 2.24) is 25.7 Å². The number of ether oxygens (including phenoxy) is 1. The van der Waals surface area contributed by atoms with Crippen LogP contribution >= 0.6 is 0 Å². The molecule has 27 heavy (non-hydrogen) atoms. The van der Waals surface area contributed by atoms with Crippen molar-refractivity contribution in [3.63, 3.8) is 0 Å². The molecule has 1 aromatic rings. The van der Waals surface area contributed by atoms with Crippen molar-refractivity contribution < 1.29 is 18.8 Å². The maximum atomic E-state index is 12.6. The lowest BCUT2D eigenvalue weighted by molar-refractivity contribution is -0.141. The molecule has 0 saturated carbocycles. The largest absolute Gasteiger partial charge is 0.378 e. The van der Waals surface area contributed by atoms with Crippen LogP contribution in [-0.2, 0) is 20.7 Å². The van der Waals surface area contributed by atoms with Crippen LogP contribution in [0.3, 0.4) is 0 Å². The minimum absolute atomic E-state index is 0.0328. The molecule has 0 aliphatic carbocycles. The fraction of sp³-hybridized carbons (Fsp3) is 0.778. The number of rotatable bonds is 6. The number of hydrogen-bond donors (Lipinski definition) is 2. The van der Waals surface area contributed by atoms with Gasteiger partial charge in [-0.3, -0.25) is 9.59 Å². The monoisotopic (exact) mass is 379 g/mol. The second kappa shape index (κ2) is 9.27. The molecule has 1 aromatic heterocycles. The predicted molar refractivity (Wildman–Crippen MR) is 97.0 cm³/mol. The molecule has 9 nitrogen and oxygen atoms in total. The van der Waals surface area contributed by atoms with Gasteiger partial charge in [0, 0.05) is 45.1 Å². The Morgan fingerprint density at radius 3 is 2.70 bits per heavy atom. The highest BCUT2D eigenvalue weighted by atomic mass is 16.5. The van der Waals surface area contributed by atoms with Gasteiger partial charge < -0.3 is 24.8 Å². The Hall–Kier alpha value is -2.00. The normalized spacial score (nSPS) is 23.4. The van der Waals surface area contributed by atoms with Gasteiger partial charge in [-0.05, 0) is 6.42 Å². The Bertz CT molecular complexity index is 641. The first-order chi connectivity index (χ1) is 13.0. The molecule has 3 rings (SSSR count). The third-order valence-corrected chi connectivity index (χ3v) is 5.02. The lowest BCUT2D eigenvalue weighted by Gasteiger charge is -2.34. The van der Waals surface area contributed by atoms with E-state index in [2.05, 4.69) is 20.8 Å². The van der Waals surface area contributed by atoms with E-state index in [0.29, 0.717) is 70.5 Å². The molecule has 2 aliphatic heterocycles. The molecule has 2 aliphatic rings. The van der Waals surface area contributed by atoms with Gasteiger partial charge in [0.25, 0.3) is 0 Å². The molecule has 0 unspecified atom stereocenters. The second-order valence-electron chi connectivity index (χ2n) is 7.47. The van der Waals surface area contributed by atoms with E-state index in [0.717, 1.165) is 0 Å². The van der Waals surface area contributed by atoms with Crippen molar-refractivity contribution in [2.45, 2.75) is 32.6 Å². The number of hydrogen-bond acceptors (Lipinski definition) is 7. The maximum absolute atomic E-state index is 12.6. The van der Waals surface area contributed by atoms with Gasteiger partial charge in [-0.2, -0.15) is 4.98 Å². The Balaban J connectivity index is 1.44. The molecule has 2 amide bonds. The third-order valence-electron chi connectivity index (χ3n) is 5.02. The molecule has 2 atom stereocenters. The summed E-state index contributed by atoms with van der Waals surface area (Å²) in [6, 6.07) is 0. The number of amides is 2. The molecule has 0 spiro atoms. The van der Waals surface area contributed by atoms with Crippen LogP contribution in [0.1, 0.15) is 37.9 Å². The average Bonchev–Trinajstić information content (AvgIpc) is 3.17. The molecule has 0 bridgehead atoms. The van der Waals surface area contributed by atoms with E-state index in [-0.39, 0.29) is 29.6 Å². The summed E-state index contributed by atoms with van der Waals surface area (Å²) in [4.78, 5) is 31.3. The Morgan fingerprint density at radius 1 is 1.26 bits per heavy atom. The van der Waals surface area contributed by atoms with Crippen LogP contribution in [-0.4, -0.2) is 72.8 Å². The molecule has 150 valence electrons. The number of morpholine rings is 1. The van der Waals surface area contributed by atoms with Gasteiger partial charge in [0.05, 0.1) is 25.0 Å². The van der Waals surface area contributed by atoms with Crippen molar-refractivity contribution in [1.29, 1.82) is 0 Å². The molecule has 3 heterocycles. The van der Waals surface area contributed by atoms with Gasteiger partial charge in [-0.1, -0.05) is 19.0 Å². The van der Waals surface area contributed by atoms with Gasteiger partial charge >= 0.3 is 0 Å². The molecule has 0 aromatic carbocycles. The molecule has 2 N–H and O–H groups in total. The quantitative estimate of drug-likeness (QED) is 0.712. The first-order valence-corrected chi connectivity index (χ1v) is 9.72. The minimum Gasteiger partial charge on any atom is -0.378 e. The van der Waals surface area contributed by atoms with E-state index < -0.39 is 0 Å². The summed E-state index contributed by atoms with van der Waals surface area (Å²) in [6.45, 7) is 8.10. The highest BCUT2D eigenvalue weighted by molar-refractivity contribution is 5.83. The molecule has 9 heteroatoms. The number of aromatic nitrogens is 2. The summed E-state index contributed by atoms with van der Waals surface area (Å²) in [5.41, 5.74) is 0. The molecule has 2 fully saturated rings. The van der Waals surface area contributed by atoms with E-state index >= 15 is 0 Å². The summed E-state index contributed by atoms with van der Waals surface area (Å²) < 4.78 is 10.5. The number of nitrogens with zero attached hydrogens (tertiary/aromatic N) is 3. The van der Waals surface area contributed by atoms with Crippen molar-refractivity contribution >= 4 is 11.8 Å². The summed E-state index contributed by atoms with van der Waals surface area (Å²) in [5.74, 6) is 1.13. The first-order valence-electron chi connectivity index (χ1n) is 9.72. The van der Waals surface area contributed by atoms with E-state index in [1.807, 2.05) is 18.7 Å². The highest BCUT2D eigenvalue weighted by Crippen LogP contribution is 2.20. The van der Waals surface area contributed by atoms with Crippen LogP contribution in [0, 0.1) is 11.8 Å². The van der Waals surface area contributed by atoms with Crippen molar-refractivity contribution in [2.24, 2.45) is 11.8 Å². The minimum atomic E-state index is -0.203. The smallest absolute Gasteiger partial charge is 0.229 e. The Morgan fingerprint density at radius 2 is 2.00 bits per heavy atom. The lowest BCUT2D eigenvalue weighted by atomic mass is 9.88. The van der Waals surface area contributed by atoms with Crippen molar-refractivity contribution in [2.75, 3.05) is 45.9 Å². The predicted octanol–water partition coefficient (Wildman–Crippen LogP) is -0.0638. The van der Waals surface area contributed by atoms with Crippen LogP contribution in [0.2, 0.25) is 0 Å². The fourth-order valence-electron chi connectivity index (χ4n) is 3.42. The zero-order valence-electron chi connectivity index (χ0n) is 16.1. The lowest BCUT2D eigenvalue weighted by Crippen LogP contribution is -2.51. The van der Waals surface area contributed by atoms with Gasteiger partial charge in [-0.25, -0.2) is 0 Å². The maximum Gasteiger partial charge on any atom is 0.229 e. The number of piperidine rings is 1. The topological polar surface area (TPSA) is 110 Å². The van der Waals surface area contributed by atoms with Crippen molar-refractivity contribution in [3.05, 3.63) is 11.7 Å². The molecule has 2 saturated heterocycles. The van der Waals surface area contributed by atoms with Crippen LogP contribution in [0.25, 0.3) is 0 Å². The number of carbonyl (C=O) groups is 2. The van der Waals surface area contributed by atoms with Crippen LogP contribution in [0.5, 0.6) is 0 Å². The average molecular weight is 379 g/mol. The Kier molecular flexibility index (Phi) is 6.78. The fourth-order valence-corrected chi connectivity index (χ4v) is 3.42. The summed E-state index contributed by atoms with van der Waals surface area (Å²) in [6.07, 6.45) is 1.10. The van der Waals surface area contributed by atoms with Gasteiger partial charge in [0.1, 0.15) is 0 Å². The highest BCUT2D eigenvalue weighted by Gasteiger charge is 2.33. The SMILES string of the molecule is CC(C)c1nc(CCNC(=O)[C@H]2CNC[C@@H](C(=O)N3CCOCC3)C2)no1. The van der Waals surface area contributed by atoms with Crippen LogP contribution < -0.4 is 10.6 Å². The zero-order chi connectivity index (χ0) is 19.2. The summed E-state index contributed by atoms with van der Waals surface area (Å²) >= 11 is 0. The van der Waals surface area contributed by atoms with Crippen LogP contribution in [0.15, 0.2) is 4.52 Å². The van der Waals surface area contributed by atoms with Gasteiger partial charge in [-0.15, -0.1) is 0 Å². The third kappa shape index (κ3) is 5.26. The van der Waals surface area contributed by atoms with E-state index in [4.69, 9.17) is 9.26 Å².